The molecule has 0 bridgehead atoms. The van der Waals surface area contributed by atoms with E-state index < -0.39 is 7.14 Å². The van der Waals surface area contributed by atoms with Gasteiger partial charge >= 0.3 is 0 Å². The summed E-state index contributed by atoms with van der Waals surface area (Å²) in [6.45, 7) is 11.4. The summed E-state index contributed by atoms with van der Waals surface area (Å²) in [6.07, 6.45) is 1.54. The monoisotopic (exact) mass is 544 g/mol. The first kappa shape index (κ1) is 28.8. The molecule has 37 heavy (non-hydrogen) atoms. The number of halogens is 1. The Hall–Kier alpha value is -2.80. The van der Waals surface area contributed by atoms with Crippen molar-refractivity contribution in [3.8, 4) is 5.75 Å². The molecule has 10 heteroatoms. The van der Waals surface area contributed by atoms with Crippen LogP contribution in [0.2, 0.25) is 5.02 Å². The number of anilines is 5. The predicted octanol–water partition coefficient (Wildman–Crippen LogP) is 5.80. The van der Waals surface area contributed by atoms with Crippen molar-refractivity contribution in [1.29, 1.82) is 0 Å². The molecule has 0 amide bonds. The van der Waals surface area contributed by atoms with Gasteiger partial charge in [0.2, 0.25) is 5.95 Å². The fourth-order valence-corrected chi connectivity index (χ4v) is 6.02. The molecule has 8 nitrogen and oxygen atoms in total. The van der Waals surface area contributed by atoms with Gasteiger partial charge in [0.1, 0.15) is 17.9 Å². The largest absolute Gasteiger partial charge is 0.494 e. The highest BCUT2D eigenvalue weighted by atomic mass is 35.5. The molecule has 200 valence electrons. The Bertz CT molecular complexity index is 1320. The summed E-state index contributed by atoms with van der Waals surface area (Å²) in [4.78, 5) is 13.4. The van der Waals surface area contributed by atoms with Gasteiger partial charge in [0, 0.05) is 37.2 Å². The van der Waals surface area contributed by atoms with Crippen molar-refractivity contribution in [3.05, 3.63) is 52.2 Å². The third-order valence-corrected chi connectivity index (χ3v) is 8.23. The number of ether oxygens (including phenoxy) is 1. The zero-order valence-corrected chi connectivity index (χ0v) is 24.9. The first-order chi connectivity index (χ1) is 17.3. The fraction of sp³-hybridized carbons (Fsp3) is 0.407. The molecule has 0 unspecified atom stereocenters. The van der Waals surface area contributed by atoms with Crippen molar-refractivity contribution in [3.63, 3.8) is 0 Å². The lowest BCUT2D eigenvalue weighted by atomic mass is 10.1. The molecular weight excluding hydrogens is 507 g/mol. The Kier molecular flexibility index (Phi) is 9.11. The van der Waals surface area contributed by atoms with Crippen LogP contribution in [0.1, 0.15) is 16.7 Å². The second-order valence-corrected chi connectivity index (χ2v) is 13.5. The molecule has 3 rings (SSSR count). The van der Waals surface area contributed by atoms with Gasteiger partial charge in [-0.1, -0.05) is 17.7 Å². The third kappa shape index (κ3) is 6.95. The summed E-state index contributed by atoms with van der Waals surface area (Å²) in [5, 5.41) is 7.72. The standard InChI is InChI=1S/C27H38ClN6O2P/c1-17-10-11-21(25(19(17)3)37(8,9)35)30-26-20(28)16-29-27(32-26)31-22-14-18(2)23(15-24(22)36-7)34(6)13-12-33(4)5/h10-11,14-16H,12-13H2,1-9H3,(H2,29,30,31,32). The summed E-state index contributed by atoms with van der Waals surface area (Å²) in [6, 6.07) is 7.96. The normalized spacial score (nSPS) is 11.5. The highest BCUT2D eigenvalue weighted by molar-refractivity contribution is 7.70. The molecule has 2 aromatic carbocycles. The van der Waals surface area contributed by atoms with Crippen LogP contribution in [0.5, 0.6) is 5.75 Å². The van der Waals surface area contributed by atoms with Crippen molar-refractivity contribution >= 4 is 52.9 Å². The lowest BCUT2D eigenvalue weighted by molar-refractivity contribution is 0.413. The van der Waals surface area contributed by atoms with Crippen molar-refractivity contribution in [2.24, 2.45) is 0 Å². The van der Waals surface area contributed by atoms with E-state index in [1.54, 1.807) is 26.6 Å². The van der Waals surface area contributed by atoms with E-state index in [1.807, 2.05) is 38.1 Å². The van der Waals surface area contributed by atoms with Crippen molar-refractivity contribution < 1.29 is 9.30 Å². The highest BCUT2D eigenvalue weighted by Crippen LogP contribution is 2.41. The van der Waals surface area contributed by atoms with E-state index in [-0.39, 0.29) is 0 Å². The average molecular weight is 545 g/mol. The molecule has 0 atom stereocenters. The van der Waals surface area contributed by atoms with Crippen LogP contribution in [-0.4, -0.2) is 69.5 Å². The van der Waals surface area contributed by atoms with Gasteiger partial charge in [0.05, 0.1) is 24.7 Å². The lowest BCUT2D eigenvalue weighted by Crippen LogP contribution is -2.28. The number of hydrogen-bond acceptors (Lipinski definition) is 8. The molecule has 0 saturated carbocycles. The van der Waals surface area contributed by atoms with E-state index in [9.17, 15) is 4.57 Å². The lowest BCUT2D eigenvalue weighted by Gasteiger charge is -2.25. The highest BCUT2D eigenvalue weighted by Gasteiger charge is 2.21. The van der Waals surface area contributed by atoms with Crippen LogP contribution >= 0.6 is 18.7 Å². The molecule has 0 aliphatic heterocycles. The SMILES string of the molecule is COc1cc(N(C)CCN(C)C)c(C)cc1Nc1ncc(Cl)c(Nc2ccc(C)c(C)c2P(C)(C)=O)n1. The molecule has 2 N–H and O–H groups in total. The maximum absolute atomic E-state index is 13.1. The third-order valence-electron chi connectivity index (χ3n) is 6.30. The van der Waals surface area contributed by atoms with Crippen LogP contribution < -0.4 is 25.6 Å². The smallest absolute Gasteiger partial charge is 0.229 e. The second-order valence-electron chi connectivity index (χ2n) is 9.96. The van der Waals surface area contributed by atoms with Crippen LogP contribution in [0.25, 0.3) is 0 Å². The summed E-state index contributed by atoms with van der Waals surface area (Å²) in [5.74, 6) is 1.47. The number of aryl methyl sites for hydroxylation is 2. The van der Waals surface area contributed by atoms with Gasteiger partial charge in [-0.2, -0.15) is 4.98 Å². The van der Waals surface area contributed by atoms with E-state index in [0.29, 0.717) is 22.5 Å². The topological polar surface area (TPSA) is 82.6 Å². The van der Waals surface area contributed by atoms with Crippen molar-refractivity contribution in [2.75, 3.05) is 70.2 Å². The Morgan fingerprint density at radius 3 is 2.32 bits per heavy atom. The van der Waals surface area contributed by atoms with Crippen LogP contribution in [0.15, 0.2) is 30.5 Å². The zero-order chi connectivity index (χ0) is 27.5. The van der Waals surface area contributed by atoms with Gasteiger partial charge in [-0.15, -0.1) is 0 Å². The number of nitrogens with one attached hydrogen (secondary N) is 2. The Labute approximate surface area is 225 Å². The van der Waals surface area contributed by atoms with Gasteiger partial charge in [0.15, 0.2) is 5.82 Å². The first-order valence-corrected chi connectivity index (χ1v) is 15.1. The van der Waals surface area contributed by atoms with E-state index in [2.05, 4.69) is 58.5 Å². The predicted molar refractivity (Wildman–Crippen MR) is 158 cm³/mol. The molecule has 1 heterocycles. The van der Waals surface area contributed by atoms with Gasteiger partial charge in [-0.3, -0.25) is 0 Å². The summed E-state index contributed by atoms with van der Waals surface area (Å²) < 4.78 is 18.8. The molecule has 0 saturated heterocycles. The maximum atomic E-state index is 13.1. The Morgan fingerprint density at radius 1 is 1.00 bits per heavy atom. The Morgan fingerprint density at radius 2 is 1.70 bits per heavy atom. The summed E-state index contributed by atoms with van der Waals surface area (Å²) in [7, 11) is 5.28. The van der Waals surface area contributed by atoms with Gasteiger partial charge < -0.3 is 29.7 Å². The number of aromatic nitrogens is 2. The second kappa shape index (κ2) is 11.7. The number of nitrogens with zero attached hydrogens (tertiary/aromatic N) is 4. The Balaban J connectivity index is 1.93. The van der Waals surface area contributed by atoms with Crippen molar-refractivity contribution in [1.82, 2.24) is 14.9 Å². The van der Waals surface area contributed by atoms with E-state index in [0.717, 1.165) is 52.1 Å². The van der Waals surface area contributed by atoms with Crippen LogP contribution in [0.3, 0.4) is 0 Å². The summed E-state index contributed by atoms with van der Waals surface area (Å²) >= 11 is 6.46. The minimum atomic E-state index is -2.57. The van der Waals surface area contributed by atoms with Crippen LogP contribution in [0.4, 0.5) is 28.8 Å². The zero-order valence-electron chi connectivity index (χ0n) is 23.2. The number of benzene rings is 2. The first-order valence-electron chi connectivity index (χ1n) is 12.1. The number of likely N-dealkylation sites (N-methyl/N-ethyl adjacent to an activating group) is 2. The van der Waals surface area contributed by atoms with Gasteiger partial charge in [-0.05, 0) is 77.0 Å². The number of hydrogen-bond donors (Lipinski definition) is 2. The van der Waals surface area contributed by atoms with E-state index in [1.165, 1.54) is 0 Å². The number of methoxy groups -OCH3 is 1. The van der Waals surface area contributed by atoms with Crippen LogP contribution in [-0.2, 0) is 4.57 Å². The minimum absolute atomic E-state index is 0.359. The molecule has 1 aromatic heterocycles. The van der Waals surface area contributed by atoms with Gasteiger partial charge in [-0.25, -0.2) is 4.98 Å². The molecule has 0 spiro atoms. The minimum Gasteiger partial charge on any atom is -0.494 e. The van der Waals surface area contributed by atoms with Crippen LogP contribution in [0, 0.1) is 20.8 Å². The van der Waals surface area contributed by atoms with E-state index >= 15 is 0 Å². The van der Waals surface area contributed by atoms with Crippen molar-refractivity contribution in [2.45, 2.75) is 20.8 Å². The maximum Gasteiger partial charge on any atom is 0.229 e. The number of rotatable bonds is 10. The average Bonchev–Trinajstić information content (AvgIpc) is 2.81. The van der Waals surface area contributed by atoms with Gasteiger partial charge in [0.25, 0.3) is 0 Å². The molecule has 0 aliphatic rings. The van der Waals surface area contributed by atoms with E-state index in [4.69, 9.17) is 16.3 Å². The molecule has 0 aliphatic carbocycles. The fourth-order valence-electron chi connectivity index (χ4n) is 4.18. The molecular formula is C27H38ClN6O2P. The summed E-state index contributed by atoms with van der Waals surface area (Å²) in [5.41, 5.74) is 5.74. The quantitative estimate of drug-likeness (QED) is 0.310. The molecule has 0 fully saturated rings. The molecule has 3 aromatic rings. The molecule has 0 radical (unpaired) electrons.